The molecule has 1 fully saturated rings. The van der Waals surface area contributed by atoms with Crippen LogP contribution in [-0.4, -0.2) is 35.1 Å². The van der Waals surface area contributed by atoms with E-state index in [9.17, 15) is 4.79 Å². The van der Waals surface area contributed by atoms with Gasteiger partial charge in [0.15, 0.2) is 0 Å². The average molecular weight is 389 g/mol. The Hall–Kier alpha value is -1.79. The molecule has 0 radical (unpaired) electrons. The fourth-order valence-electron chi connectivity index (χ4n) is 3.42. The molecule has 0 aliphatic heterocycles. The number of Topliss-reactive ketones (excluding diaryl/α,β-unsaturated/α-hetero) is 1. The molecule has 146 valence electrons. The summed E-state index contributed by atoms with van der Waals surface area (Å²) in [7, 11) is 0. The number of hydrogen-bond donors (Lipinski definition) is 0. The molecule has 0 spiro atoms. The van der Waals surface area contributed by atoms with E-state index in [2.05, 4.69) is 22.3 Å². The first-order chi connectivity index (χ1) is 12.9. The van der Waals surface area contributed by atoms with Crippen molar-refractivity contribution in [3.8, 4) is 17.1 Å². The van der Waals surface area contributed by atoms with Crippen LogP contribution >= 0.6 is 11.3 Å². The molecule has 2 aromatic rings. The lowest BCUT2D eigenvalue weighted by atomic mass is 9.83. The minimum atomic E-state index is 0.226. The molecule has 6 heteroatoms. The smallest absolute Gasteiger partial charge is 0.216 e. The van der Waals surface area contributed by atoms with Gasteiger partial charge in [0, 0.05) is 35.7 Å². The van der Waals surface area contributed by atoms with Crippen LogP contribution in [0.25, 0.3) is 11.3 Å². The number of ketones is 1. The van der Waals surface area contributed by atoms with Crippen molar-refractivity contribution in [2.75, 3.05) is 13.2 Å². The lowest BCUT2D eigenvalue weighted by molar-refractivity contribution is -0.119. The molecule has 1 saturated carbocycles. The van der Waals surface area contributed by atoms with Gasteiger partial charge in [-0.05, 0) is 51.5 Å². The maximum absolute atomic E-state index is 11.1. The highest BCUT2D eigenvalue weighted by Crippen LogP contribution is 2.33. The number of nitrogens with zero attached hydrogens (tertiary/aromatic N) is 2. The number of pyridine rings is 1. The van der Waals surface area contributed by atoms with Gasteiger partial charge < -0.3 is 14.3 Å². The third-order valence-corrected chi connectivity index (χ3v) is 5.73. The van der Waals surface area contributed by atoms with E-state index in [1.807, 2.05) is 19.9 Å². The molecule has 5 nitrogen and oxygen atoms in total. The van der Waals surface area contributed by atoms with Gasteiger partial charge in [0.25, 0.3) is 0 Å². The van der Waals surface area contributed by atoms with Crippen LogP contribution in [0.5, 0.6) is 5.88 Å². The lowest BCUT2D eigenvalue weighted by Gasteiger charge is -2.35. The minimum Gasteiger partial charge on any atom is -0.477 e. The van der Waals surface area contributed by atoms with Gasteiger partial charge in [-0.3, -0.25) is 0 Å². The number of carbonyl (C=O) groups excluding carboxylic acids is 1. The van der Waals surface area contributed by atoms with E-state index in [1.54, 1.807) is 24.5 Å². The monoisotopic (exact) mass is 388 g/mol. The molecule has 0 saturated heterocycles. The minimum absolute atomic E-state index is 0.226. The Balaban J connectivity index is 1.45. The van der Waals surface area contributed by atoms with Crippen molar-refractivity contribution >= 4 is 17.1 Å². The van der Waals surface area contributed by atoms with Gasteiger partial charge in [0.05, 0.1) is 23.4 Å². The molecule has 2 aromatic heterocycles. The molecule has 1 aliphatic rings. The van der Waals surface area contributed by atoms with Gasteiger partial charge in [-0.2, -0.15) is 0 Å². The largest absolute Gasteiger partial charge is 0.477 e. The molecule has 0 bridgehead atoms. The summed E-state index contributed by atoms with van der Waals surface area (Å²) < 4.78 is 11.9. The fourth-order valence-corrected chi connectivity index (χ4v) is 4.03. The first kappa shape index (κ1) is 20.0. The highest BCUT2D eigenvalue weighted by molar-refractivity contribution is 7.09. The Morgan fingerprint density at radius 3 is 2.81 bits per heavy atom. The predicted octanol–water partition coefficient (Wildman–Crippen LogP) is 4.61. The van der Waals surface area contributed by atoms with Gasteiger partial charge in [-0.1, -0.05) is 6.92 Å². The van der Waals surface area contributed by atoms with Crippen molar-refractivity contribution in [1.82, 2.24) is 9.97 Å². The van der Waals surface area contributed by atoms with Crippen LogP contribution in [-0.2, 0) is 9.53 Å². The summed E-state index contributed by atoms with van der Waals surface area (Å²) in [5, 5.41) is 3.13. The van der Waals surface area contributed by atoms with Crippen LogP contribution in [0.2, 0.25) is 0 Å². The molecule has 27 heavy (non-hydrogen) atoms. The maximum atomic E-state index is 11.1. The zero-order valence-corrected chi connectivity index (χ0v) is 17.3. The zero-order valence-electron chi connectivity index (χ0n) is 16.5. The highest BCUT2D eigenvalue weighted by Gasteiger charge is 2.31. The molecule has 0 N–H and O–H groups in total. The molecule has 3 rings (SSSR count). The van der Waals surface area contributed by atoms with Gasteiger partial charge in [-0.15, -0.1) is 11.3 Å². The lowest BCUT2D eigenvalue weighted by Crippen LogP contribution is -2.36. The first-order valence-corrected chi connectivity index (χ1v) is 10.4. The predicted molar refractivity (Wildman–Crippen MR) is 107 cm³/mol. The van der Waals surface area contributed by atoms with E-state index in [4.69, 9.17) is 9.47 Å². The number of thiazole rings is 1. The summed E-state index contributed by atoms with van der Waals surface area (Å²) in [6, 6.07) is 1.99. The van der Waals surface area contributed by atoms with E-state index in [0.29, 0.717) is 43.5 Å². The van der Waals surface area contributed by atoms with Crippen LogP contribution in [0.4, 0.5) is 0 Å². The average Bonchev–Trinajstić information content (AvgIpc) is 2.99. The summed E-state index contributed by atoms with van der Waals surface area (Å²) in [6.07, 6.45) is 4.70. The molecular weight excluding hydrogens is 360 g/mol. The SMILES string of the molecule is CC(=O)C[C@@H](C)COC1CC(COc2nccc(-c3csc(C)n3)c2C)C1. The molecule has 1 atom stereocenters. The van der Waals surface area contributed by atoms with Gasteiger partial charge >= 0.3 is 0 Å². The highest BCUT2D eigenvalue weighted by atomic mass is 32.1. The summed E-state index contributed by atoms with van der Waals surface area (Å²) in [5.74, 6) is 1.72. The first-order valence-electron chi connectivity index (χ1n) is 9.54. The second kappa shape index (κ2) is 8.93. The van der Waals surface area contributed by atoms with Crippen LogP contribution in [0, 0.1) is 25.7 Å². The Labute approximate surface area is 165 Å². The Kier molecular flexibility index (Phi) is 6.60. The van der Waals surface area contributed by atoms with Crippen molar-refractivity contribution in [2.24, 2.45) is 11.8 Å². The van der Waals surface area contributed by atoms with Crippen LogP contribution in [0.3, 0.4) is 0 Å². The second-order valence-corrected chi connectivity index (χ2v) is 8.72. The standard InChI is InChI=1S/C21H28N2O3S/c1-13(7-14(2)24)10-25-18-8-17(9-18)11-26-21-15(3)19(5-6-22-21)20-12-27-16(4)23-20/h5-6,12-13,17-18H,7-11H2,1-4H3/t13-,17?,18?/m1/s1. The Bertz CT molecular complexity index is 783. The summed E-state index contributed by atoms with van der Waals surface area (Å²) in [5.41, 5.74) is 3.10. The van der Waals surface area contributed by atoms with Crippen molar-refractivity contribution in [1.29, 1.82) is 0 Å². The third kappa shape index (κ3) is 5.36. The number of rotatable bonds is 9. The zero-order chi connectivity index (χ0) is 19.4. The van der Waals surface area contributed by atoms with E-state index >= 15 is 0 Å². The van der Waals surface area contributed by atoms with E-state index in [-0.39, 0.29) is 5.78 Å². The van der Waals surface area contributed by atoms with Crippen LogP contribution in [0.1, 0.15) is 43.7 Å². The molecule has 0 amide bonds. The topological polar surface area (TPSA) is 61.3 Å². The number of aromatic nitrogens is 2. The number of hydrogen-bond acceptors (Lipinski definition) is 6. The van der Waals surface area contributed by atoms with Crippen LogP contribution in [0.15, 0.2) is 17.6 Å². The molecule has 0 unspecified atom stereocenters. The van der Waals surface area contributed by atoms with Gasteiger partial charge in [0.1, 0.15) is 5.78 Å². The molecule has 0 aromatic carbocycles. The number of carbonyl (C=O) groups is 1. The Morgan fingerprint density at radius 1 is 1.37 bits per heavy atom. The molecule has 1 aliphatic carbocycles. The van der Waals surface area contributed by atoms with Crippen molar-refractivity contribution < 1.29 is 14.3 Å². The molecule has 2 heterocycles. The fraction of sp³-hybridized carbons (Fsp3) is 0.571. The van der Waals surface area contributed by atoms with Gasteiger partial charge in [-0.25, -0.2) is 9.97 Å². The van der Waals surface area contributed by atoms with Crippen molar-refractivity contribution in [3.63, 3.8) is 0 Å². The van der Waals surface area contributed by atoms with E-state index in [1.165, 1.54) is 0 Å². The van der Waals surface area contributed by atoms with E-state index in [0.717, 1.165) is 34.7 Å². The van der Waals surface area contributed by atoms with Crippen molar-refractivity contribution in [2.45, 2.75) is 53.1 Å². The number of ether oxygens (including phenoxy) is 2. The third-order valence-electron chi connectivity index (χ3n) is 4.95. The number of aryl methyl sites for hydroxylation is 1. The van der Waals surface area contributed by atoms with Crippen LogP contribution < -0.4 is 4.74 Å². The summed E-state index contributed by atoms with van der Waals surface area (Å²) >= 11 is 1.65. The second-order valence-electron chi connectivity index (χ2n) is 7.66. The summed E-state index contributed by atoms with van der Waals surface area (Å²) in [4.78, 5) is 20.1. The van der Waals surface area contributed by atoms with E-state index < -0.39 is 0 Å². The van der Waals surface area contributed by atoms with Crippen molar-refractivity contribution in [3.05, 3.63) is 28.2 Å². The Morgan fingerprint density at radius 2 is 2.15 bits per heavy atom. The van der Waals surface area contributed by atoms with Gasteiger partial charge in [0.2, 0.25) is 5.88 Å². The molecular formula is C21H28N2O3S. The maximum Gasteiger partial charge on any atom is 0.216 e. The quantitative estimate of drug-likeness (QED) is 0.628. The normalized spacial score (nSPS) is 20.1. The summed E-state index contributed by atoms with van der Waals surface area (Å²) in [6.45, 7) is 9.07.